The molecule has 1 amide bonds. The minimum absolute atomic E-state index is 0.00688. The van der Waals surface area contributed by atoms with Gasteiger partial charge in [-0.1, -0.05) is 23.9 Å². The van der Waals surface area contributed by atoms with Crippen LogP contribution in [0.3, 0.4) is 0 Å². The molecule has 156 valence electrons. The largest absolute Gasteiger partial charge is 0.416 e. The Morgan fingerprint density at radius 2 is 1.70 bits per heavy atom. The monoisotopic (exact) mass is 431 g/mol. The molecule has 4 nitrogen and oxygen atoms in total. The second-order valence-corrected chi connectivity index (χ2v) is 7.92. The maximum absolute atomic E-state index is 12.8. The lowest BCUT2D eigenvalue weighted by atomic mass is 9.99. The number of hydrogen-bond acceptors (Lipinski definition) is 4. The number of alkyl halides is 3. The number of thioether (sulfide) groups is 1. The molecule has 2 aromatic carbocycles. The minimum Gasteiger partial charge on any atom is -0.325 e. The molecule has 30 heavy (non-hydrogen) atoms. The first-order valence-electron chi connectivity index (χ1n) is 9.15. The van der Waals surface area contributed by atoms with Crippen LogP contribution in [-0.2, 0) is 11.0 Å². The Labute approximate surface area is 176 Å². The van der Waals surface area contributed by atoms with E-state index in [0.717, 1.165) is 40.7 Å². The summed E-state index contributed by atoms with van der Waals surface area (Å²) in [7, 11) is 0. The lowest BCUT2D eigenvalue weighted by Gasteiger charge is -2.10. The molecule has 1 N–H and O–H groups in total. The van der Waals surface area contributed by atoms with E-state index in [4.69, 9.17) is 0 Å². The number of aromatic nitrogens is 2. The third kappa shape index (κ3) is 5.38. The van der Waals surface area contributed by atoms with Crippen molar-refractivity contribution in [1.82, 2.24) is 10.2 Å². The summed E-state index contributed by atoms with van der Waals surface area (Å²) in [4.78, 5) is 12.1. The molecule has 1 heterocycles. The molecule has 3 aromatic rings. The van der Waals surface area contributed by atoms with Crippen molar-refractivity contribution >= 4 is 23.4 Å². The molecule has 0 aliphatic carbocycles. The van der Waals surface area contributed by atoms with E-state index >= 15 is 0 Å². The van der Waals surface area contributed by atoms with Gasteiger partial charge < -0.3 is 5.32 Å². The van der Waals surface area contributed by atoms with Gasteiger partial charge in [-0.05, 0) is 73.9 Å². The van der Waals surface area contributed by atoms with Crippen LogP contribution in [-0.4, -0.2) is 21.9 Å². The Morgan fingerprint density at radius 1 is 0.967 bits per heavy atom. The molecule has 0 unspecified atom stereocenters. The SMILES string of the molecule is Cc1cc(C)c(-c2ccc(SCC(=O)Nc3cccc(C(F)(F)F)c3)nn2)cc1C. The maximum atomic E-state index is 12.8. The van der Waals surface area contributed by atoms with E-state index < -0.39 is 17.6 Å². The van der Waals surface area contributed by atoms with Crippen LogP contribution in [0.1, 0.15) is 22.3 Å². The lowest BCUT2D eigenvalue weighted by molar-refractivity contribution is -0.137. The van der Waals surface area contributed by atoms with Crippen molar-refractivity contribution in [2.75, 3.05) is 11.1 Å². The summed E-state index contributed by atoms with van der Waals surface area (Å²) in [6, 6.07) is 12.3. The van der Waals surface area contributed by atoms with E-state index in [-0.39, 0.29) is 11.4 Å². The molecule has 0 atom stereocenters. The number of carbonyl (C=O) groups excluding carboxylic acids is 1. The van der Waals surface area contributed by atoms with Crippen LogP contribution in [0.25, 0.3) is 11.3 Å². The fourth-order valence-electron chi connectivity index (χ4n) is 2.89. The van der Waals surface area contributed by atoms with Gasteiger partial charge in [0.25, 0.3) is 0 Å². The van der Waals surface area contributed by atoms with Crippen molar-refractivity contribution in [3.63, 3.8) is 0 Å². The molecular weight excluding hydrogens is 411 g/mol. The van der Waals surface area contributed by atoms with E-state index in [2.05, 4.69) is 34.6 Å². The van der Waals surface area contributed by atoms with Gasteiger partial charge >= 0.3 is 6.18 Å². The lowest BCUT2D eigenvalue weighted by Crippen LogP contribution is -2.15. The number of aryl methyl sites for hydroxylation is 3. The highest BCUT2D eigenvalue weighted by atomic mass is 32.2. The van der Waals surface area contributed by atoms with Crippen molar-refractivity contribution < 1.29 is 18.0 Å². The first-order valence-corrected chi connectivity index (χ1v) is 10.1. The van der Waals surface area contributed by atoms with Crippen LogP contribution >= 0.6 is 11.8 Å². The number of nitrogens with one attached hydrogen (secondary N) is 1. The van der Waals surface area contributed by atoms with Crippen LogP contribution in [0.2, 0.25) is 0 Å². The van der Waals surface area contributed by atoms with Crippen molar-refractivity contribution in [2.45, 2.75) is 32.0 Å². The maximum Gasteiger partial charge on any atom is 0.416 e. The summed E-state index contributed by atoms with van der Waals surface area (Å²) in [6.45, 7) is 6.12. The number of nitrogens with zero attached hydrogens (tertiary/aromatic N) is 2. The van der Waals surface area contributed by atoms with Gasteiger partial charge in [0.2, 0.25) is 5.91 Å². The zero-order valence-corrected chi connectivity index (χ0v) is 17.5. The standard InChI is InChI=1S/C22H20F3N3OS/c1-13-9-15(3)18(10-14(13)2)19-7-8-21(28-27-19)30-12-20(29)26-17-6-4-5-16(11-17)22(23,24)25/h4-11H,12H2,1-3H3,(H,26,29). The zero-order chi connectivity index (χ0) is 21.9. The highest BCUT2D eigenvalue weighted by Crippen LogP contribution is 2.31. The quantitative estimate of drug-likeness (QED) is 0.518. The average Bonchev–Trinajstić information content (AvgIpc) is 2.69. The predicted molar refractivity (Wildman–Crippen MR) is 112 cm³/mol. The van der Waals surface area contributed by atoms with Crippen molar-refractivity contribution in [3.05, 3.63) is 70.8 Å². The Morgan fingerprint density at radius 3 is 2.37 bits per heavy atom. The van der Waals surface area contributed by atoms with Gasteiger partial charge in [-0.15, -0.1) is 10.2 Å². The smallest absolute Gasteiger partial charge is 0.325 e. The number of carbonyl (C=O) groups is 1. The number of rotatable bonds is 5. The van der Waals surface area contributed by atoms with Crippen molar-refractivity contribution in [2.24, 2.45) is 0 Å². The van der Waals surface area contributed by atoms with Crippen LogP contribution in [0.5, 0.6) is 0 Å². The number of hydrogen-bond donors (Lipinski definition) is 1. The van der Waals surface area contributed by atoms with Crippen LogP contribution in [0, 0.1) is 20.8 Å². The first-order chi connectivity index (χ1) is 14.1. The molecule has 8 heteroatoms. The van der Waals surface area contributed by atoms with Crippen LogP contribution < -0.4 is 5.32 Å². The Kier molecular flexibility index (Phi) is 6.45. The van der Waals surface area contributed by atoms with E-state index in [1.54, 1.807) is 6.07 Å². The number of amides is 1. The molecule has 0 saturated carbocycles. The highest BCUT2D eigenvalue weighted by Gasteiger charge is 2.30. The van der Waals surface area contributed by atoms with Gasteiger partial charge in [-0.2, -0.15) is 13.2 Å². The van der Waals surface area contributed by atoms with E-state index in [0.29, 0.717) is 5.03 Å². The summed E-state index contributed by atoms with van der Waals surface area (Å²) < 4.78 is 38.3. The molecule has 0 fully saturated rings. The van der Waals surface area contributed by atoms with Gasteiger partial charge in [0.05, 0.1) is 17.0 Å². The third-order valence-corrected chi connectivity index (χ3v) is 5.50. The van der Waals surface area contributed by atoms with Gasteiger partial charge in [0.1, 0.15) is 5.03 Å². The van der Waals surface area contributed by atoms with E-state index in [1.807, 2.05) is 19.9 Å². The second kappa shape index (κ2) is 8.87. The molecule has 1 aromatic heterocycles. The average molecular weight is 431 g/mol. The fourth-order valence-corrected chi connectivity index (χ4v) is 3.50. The summed E-state index contributed by atoms with van der Waals surface area (Å²) in [5, 5.41) is 11.4. The molecule has 0 aliphatic rings. The Hall–Kier alpha value is -2.87. The molecule has 3 rings (SSSR count). The van der Waals surface area contributed by atoms with Crippen molar-refractivity contribution in [1.29, 1.82) is 0 Å². The summed E-state index contributed by atoms with van der Waals surface area (Å²) in [6.07, 6.45) is -4.46. The van der Waals surface area contributed by atoms with Crippen LogP contribution in [0.15, 0.2) is 53.6 Å². The van der Waals surface area contributed by atoms with Gasteiger partial charge in [0.15, 0.2) is 0 Å². The Bertz CT molecular complexity index is 1070. The van der Waals surface area contributed by atoms with Gasteiger partial charge in [0, 0.05) is 11.3 Å². The first kappa shape index (κ1) is 21.8. The molecule has 0 spiro atoms. The fraction of sp³-hybridized carbons (Fsp3) is 0.227. The van der Waals surface area contributed by atoms with Crippen molar-refractivity contribution in [3.8, 4) is 11.3 Å². The summed E-state index contributed by atoms with van der Waals surface area (Å²) >= 11 is 1.16. The van der Waals surface area contributed by atoms with Gasteiger partial charge in [-0.25, -0.2) is 0 Å². The normalized spacial score (nSPS) is 11.4. The number of anilines is 1. The Balaban J connectivity index is 1.62. The predicted octanol–water partition coefficient (Wildman–Crippen LogP) is 5.82. The highest BCUT2D eigenvalue weighted by molar-refractivity contribution is 7.99. The molecular formula is C22H20F3N3OS. The molecule has 0 aliphatic heterocycles. The summed E-state index contributed by atoms with van der Waals surface area (Å²) in [5.41, 5.74) is 4.52. The van der Waals surface area contributed by atoms with Crippen LogP contribution in [0.4, 0.5) is 18.9 Å². The number of benzene rings is 2. The minimum atomic E-state index is -4.46. The van der Waals surface area contributed by atoms with E-state index in [9.17, 15) is 18.0 Å². The molecule has 0 saturated heterocycles. The van der Waals surface area contributed by atoms with E-state index in [1.165, 1.54) is 23.3 Å². The third-order valence-electron chi connectivity index (χ3n) is 4.58. The topological polar surface area (TPSA) is 54.9 Å². The summed E-state index contributed by atoms with van der Waals surface area (Å²) in [5.74, 6) is -0.414. The molecule has 0 radical (unpaired) electrons. The second-order valence-electron chi connectivity index (χ2n) is 6.92. The number of halogens is 3. The van der Waals surface area contributed by atoms with Gasteiger partial charge in [-0.3, -0.25) is 4.79 Å². The zero-order valence-electron chi connectivity index (χ0n) is 16.7. The molecule has 0 bridgehead atoms.